The number of carbonyl (C=O) groups is 2. The fourth-order valence-corrected chi connectivity index (χ4v) is 1.24. The summed E-state index contributed by atoms with van der Waals surface area (Å²) in [6.45, 7) is 2.11. The summed E-state index contributed by atoms with van der Waals surface area (Å²) in [5.74, 6) is -0.820. The zero-order valence-corrected chi connectivity index (χ0v) is 7.54. The molecule has 1 aliphatic heterocycles. The molecule has 1 saturated heterocycles. The average molecular weight is 186 g/mol. The Labute approximate surface area is 76.5 Å². The molecule has 0 aliphatic carbocycles. The van der Waals surface area contributed by atoms with E-state index in [9.17, 15) is 9.59 Å². The third kappa shape index (κ3) is 3.02. The van der Waals surface area contributed by atoms with Gasteiger partial charge in [0.05, 0.1) is 0 Å². The molecule has 1 unspecified atom stereocenters. The summed E-state index contributed by atoms with van der Waals surface area (Å²) < 4.78 is 0. The number of rotatable bonds is 4. The highest BCUT2D eigenvalue weighted by Gasteiger charge is 2.21. The second-order valence-corrected chi connectivity index (χ2v) is 3.27. The van der Waals surface area contributed by atoms with Crippen molar-refractivity contribution in [1.82, 2.24) is 10.6 Å². The van der Waals surface area contributed by atoms with E-state index in [0.29, 0.717) is 13.0 Å². The van der Waals surface area contributed by atoms with E-state index >= 15 is 0 Å². The molecule has 2 atom stereocenters. The molecule has 0 aromatic heterocycles. The largest absolute Gasteiger partial charge is 0.480 e. The number of hydrogen-bond acceptors (Lipinski definition) is 3. The molecule has 5 nitrogen and oxygen atoms in total. The number of carboxylic acids is 1. The standard InChI is InChI=1S/C8H14N2O3/c1-5(8(12)13)9-4-6-2-3-7(11)10-6/h5-6,9H,2-4H2,1H3,(H,10,11)(H,12,13)/t5-,6?/m0/s1. The minimum absolute atomic E-state index is 0.0507. The van der Waals surface area contributed by atoms with Crippen LogP contribution in [0.1, 0.15) is 19.8 Å². The van der Waals surface area contributed by atoms with E-state index in [2.05, 4.69) is 10.6 Å². The molecule has 0 spiro atoms. The van der Waals surface area contributed by atoms with E-state index in [1.54, 1.807) is 6.92 Å². The maximum atomic E-state index is 10.8. The quantitative estimate of drug-likeness (QED) is 0.544. The maximum absolute atomic E-state index is 10.8. The molecule has 1 heterocycles. The van der Waals surface area contributed by atoms with Crippen LogP contribution >= 0.6 is 0 Å². The van der Waals surface area contributed by atoms with Crippen molar-refractivity contribution < 1.29 is 14.7 Å². The summed E-state index contributed by atoms with van der Waals surface area (Å²) in [6.07, 6.45) is 1.34. The molecule has 0 bridgehead atoms. The minimum atomic E-state index is -0.871. The first-order valence-electron chi connectivity index (χ1n) is 4.35. The van der Waals surface area contributed by atoms with Gasteiger partial charge in [0.2, 0.25) is 5.91 Å². The van der Waals surface area contributed by atoms with Gasteiger partial charge in [-0.05, 0) is 13.3 Å². The topological polar surface area (TPSA) is 78.4 Å². The Balaban J connectivity index is 2.19. The first-order valence-corrected chi connectivity index (χ1v) is 4.35. The van der Waals surface area contributed by atoms with E-state index < -0.39 is 12.0 Å². The van der Waals surface area contributed by atoms with Crippen LogP contribution in [0, 0.1) is 0 Å². The van der Waals surface area contributed by atoms with Crippen LogP contribution in [0.5, 0.6) is 0 Å². The molecule has 1 aliphatic rings. The van der Waals surface area contributed by atoms with Crippen molar-refractivity contribution in [2.75, 3.05) is 6.54 Å². The third-order valence-corrected chi connectivity index (χ3v) is 2.13. The number of carboxylic acid groups (broad SMARTS) is 1. The molecular formula is C8H14N2O3. The number of hydrogen-bond donors (Lipinski definition) is 3. The van der Waals surface area contributed by atoms with Crippen LogP contribution in [-0.4, -0.2) is 35.6 Å². The Kier molecular flexibility index (Phi) is 3.25. The lowest BCUT2D eigenvalue weighted by Gasteiger charge is -2.13. The van der Waals surface area contributed by atoms with Crippen molar-refractivity contribution in [3.8, 4) is 0 Å². The number of carbonyl (C=O) groups excluding carboxylic acids is 1. The summed E-state index contributed by atoms with van der Waals surface area (Å²) in [7, 11) is 0. The molecular weight excluding hydrogens is 172 g/mol. The zero-order valence-electron chi connectivity index (χ0n) is 7.54. The van der Waals surface area contributed by atoms with E-state index in [1.807, 2.05) is 0 Å². The smallest absolute Gasteiger partial charge is 0.320 e. The van der Waals surface area contributed by atoms with Crippen molar-refractivity contribution in [3.63, 3.8) is 0 Å². The summed E-state index contributed by atoms with van der Waals surface area (Å²) in [4.78, 5) is 21.2. The van der Waals surface area contributed by atoms with Crippen LogP contribution in [-0.2, 0) is 9.59 Å². The van der Waals surface area contributed by atoms with Gasteiger partial charge in [0.15, 0.2) is 0 Å². The van der Waals surface area contributed by atoms with Gasteiger partial charge < -0.3 is 15.7 Å². The highest BCUT2D eigenvalue weighted by molar-refractivity contribution is 5.78. The molecule has 5 heteroatoms. The van der Waals surface area contributed by atoms with Crippen LogP contribution in [0.15, 0.2) is 0 Å². The predicted octanol–water partition coefficient (Wildman–Crippen LogP) is -0.672. The van der Waals surface area contributed by atoms with Gasteiger partial charge in [0.25, 0.3) is 0 Å². The molecule has 0 saturated carbocycles. The number of nitrogens with one attached hydrogen (secondary N) is 2. The molecule has 3 N–H and O–H groups in total. The molecule has 1 amide bonds. The fourth-order valence-electron chi connectivity index (χ4n) is 1.24. The SMILES string of the molecule is C[C@H](NCC1CCC(=O)N1)C(=O)O. The van der Waals surface area contributed by atoms with E-state index in [-0.39, 0.29) is 11.9 Å². The van der Waals surface area contributed by atoms with Gasteiger partial charge in [0.1, 0.15) is 6.04 Å². The number of aliphatic carboxylic acids is 1. The molecule has 0 aromatic rings. The Bertz CT molecular complexity index is 217. The van der Waals surface area contributed by atoms with Crippen LogP contribution in [0.3, 0.4) is 0 Å². The monoisotopic (exact) mass is 186 g/mol. The van der Waals surface area contributed by atoms with Crippen molar-refractivity contribution in [1.29, 1.82) is 0 Å². The summed E-state index contributed by atoms with van der Waals surface area (Å²) in [6, 6.07) is -0.466. The van der Waals surface area contributed by atoms with Gasteiger partial charge in [0, 0.05) is 19.0 Å². The maximum Gasteiger partial charge on any atom is 0.320 e. The molecule has 1 rings (SSSR count). The molecule has 1 fully saturated rings. The highest BCUT2D eigenvalue weighted by Crippen LogP contribution is 2.05. The summed E-state index contributed by atoms with van der Waals surface area (Å²) in [5, 5.41) is 14.1. The van der Waals surface area contributed by atoms with Gasteiger partial charge in [-0.1, -0.05) is 0 Å². The highest BCUT2D eigenvalue weighted by atomic mass is 16.4. The predicted molar refractivity (Wildman–Crippen MR) is 46.3 cm³/mol. The molecule has 13 heavy (non-hydrogen) atoms. The van der Waals surface area contributed by atoms with E-state index in [0.717, 1.165) is 6.42 Å². The summed E-state index contributed by atoms with van der Waals surface area (Å²) >= 11 is 0. The van der Waals surface area contributed by atoms with E-state index in [1.165, 1.54) is 0 Å². The summed E-state index contributed by atoms with van der Waals surface area (Å²) in [5.41, 5.74) is 0. The van der Waals surface area contributed by atoms with Gasteiger partial charge in [-0.25, -0.2) is 0 Å². The van der Waals surface area contributed by atoms with Gasteiger partial charge in [-0.3, -0.25) is 9.59 Å². The lowest BCUT2D eigenvalue weighted by atomic mass is 10.2. The third-order valence-electron chi connectivity index (χ3n) is 2.13. The number of amides is 1. The molecule has 74 valence electrons. The van der Waals surface area contributed by atoms with Crippen LogP contribution < -0.4 is 10.6 Å². The van der Waals surface area contributed by atoms with Crippen molar-refractivity contribution in [2.45, 2.75) is 31.8 Å². The second kappa shape index (κ2) is 4.23. The lowest BCUT2D eigenvalue weighted by molar-refractivity contribution is -0.139. The average Bonchev–Trinajstić information content (AvgIpc) is 2.47. The first kappa shape index (κ1) is 9.98. The van der Waals surface area contributed by atoms with Crippen LogP contribution in [0.25, 0.3) is 0 Å². The van der Waals surface area contributed by atoms with Gasteiger partial charge in [-0.15, -0.1) is 0 Å². The Morgan fingerprint density at radius 1 is 1.85 bits per heavy atom. The Hall–Kier alpha value is -1.10. The van der Waals surface area contributed by atoms with Crippen LogP contribution in [0.4, 0.5) is 0 Å². The fraction of sp³-hybridized carbons (Fsp3) is 0.750. The van der Waals surface area contributed by atoms with Gasteiger partial charge in [-0.2, -0.15) is 0 Å². The Morgan fingerprint density at radius 2 is 2.54 bits per heavy atom. The molecule has 0 radical (unpaired) electrons. The lowest BCUT2D eigenvalue weighted by Crippen LogP contribution is -2.42. The van der Waals surface area contributed by atoms with Gasteiger partial charge >= 0.3 is 5.97 Å². The first-order chi connectivity index (χ1) is 6.09. The van der Waals surface area contributed by atoms with Crippen LogP contribution in [0.2, 0.25) is 0 Å². The van der Waals surface area contributed by atoms with Crippen molar-refractivity contribution in [3.05, 3.63) is 0 Å². The zero-order chi connectivity index (χ0) is 9.84. The second-order valence-electron chi connectivity index (χ2n) is 3.27. The molecule has 0 aromatic carbocycles. The normalized spacial score (nSPS) is 24.1. The van der Waals surface area contributed by atoms with Crippen molar-refractivity contribution >= 4 is 11.9 Å². The van der Waals surface area contributed by atoms with E-state index in [4.69, 9.17) is 5.11 Å². The minimum Gasteiger partial charge on any atom is -0.480 e. The Morgan fingerprint density at radius 3 is 3.00 bits per heavy atom. The van der Waals surface area contributed by atoms with Crippen molar-refractivity contribution in [2.24, 2.45) is 0 Å².